The fourth-order valence-electron chi connectivity index (χ4n) is 8.35. The minimum atomic E-state index is -0.00574. The molecule has 57 heavy (non-hydrogen) atoms. The summed E-state index contributed by atoms with van der Waals surface area (Å²) in [7, 11) is 0. The molecular formula is C51H45N4OPt-3. The van der Waals surface area contributed by atoms with E-state index in [9.17, 15) is 0 Å². The van der Waals surface area contributed by atoms with Crippen molar-refractivity contribution in [3.05, 3.63) is 174 Å². The van der Waals surface area contributed by atoms with Crippen LogP contribution in [0, 0.1) is 53.4 Å². The molecule has 0 aliphatic carbocycles. The van der Waals surface area contributed by atoms with E-state index < -0.39 is 0 Å². The molecular weight excluding hydrogens is 880 g/mol. The average molecular weight is 925 g/mol. The normalized spacial score (nSPS) is 12.6. The third-order valence-corrected chi connectivity index (χ3v) is 11.6. The van der Waals surface area contributed by atoms with Crippen LogP contribution in [0.15, 0.2) is 121 Å². The predicted octanol–water partition coefficient (Wildman–Crippen LogP) is 13.5. The van der Waals surface area contributed by atoms with Crippen molar-refractivity contribution in [2.75, 3.05) is 9.80 Å². The van der Waals surface area contributed by atoms with Gasteiger partial charge in [0.15, 0.2) is 0 Å². The van der Waals surface area contributed by atoms with E-state index in [0.29, 0.717) is 11.5 Å². The summed E-state index contributed by atoms with van der Waals surface area (Å²) in [6.07, 6.45) is 1.91. The Morgan fingerprint density at radius 1 is 0.614 bits per heavy atom. The van der Waals surface area contributed by atoms with Gasteiger partial charge in [-0.25, -0.2) is 4.98 Å². The Hall–Kier alpha value is -5.64. The molecule has 0 atom stereocenters. The summed E-state index contributed by atoms with van der Waals surface area (Å²) in [4.78, 5) is 9.45. The number of benzene rings is 6. The third kappa shape index (κ3) is 6.52. The number of hydrogen-bond donors (Lipinski definition) is 0. The molecule has 0 saturated heterocycles. The van der Waals surface area contributed by atoms with E-state index in [1.807, 2.05) is 24.4 Å². The van der Waals surface area contributed by atoms with Crippen LogP contribution in [-0.4, -0.2) is 9.55 Å². The molecule has 6 aromatic carbocycles. The number of nitrogens with zero attached hydrogens (tertiary/aromatic N) is 4. The van der Waals surface area contributed by atoms with Gasteiger partial charge in [-0.1, -0.05) is 80.9 Å². The standard InChI is InChI=1S/C51H45N4O.Pt/c1-32-33(2)35(4)50(36(5)34(32)3)54-31-53(46-22-13-14-23-47(46)54)38-16-15-17-39(29-38)56-40-24-25-43-42-19-10-12-21-45(42)55(48(43)30-40)49-28-37(26-27-52-49)41-18-9-11-20-44(41)51(6,7)8;/h9-28,31H,1-8H3;/q-3;. The summed E-state index contributed by atoms with van der Waals surface area (Å²) >= 11 is 0. The molecule has 9 rings (SSSR count). The van der Waals surface area contributed by atoms with E-state index in [2.05, 4.69) is 186 Å². The molecule has 1 aliphatic rings. The van der Waals surface area contributed by atoms with Gasteiger partial charge in [0.25, 0.3) is 0 Å². The number of anilines is 4. The van der Waals surface area contributed by atoms with E-state index >= 15 is 0 Å². The number of ether oxygens (including phenoxy) is 1. The molecule has 0 radical (unpaired) electrons. The number of rotatable bonds is 6. The van der Waals surface area contributed by atoms with Gasteiger partial charge in [0.05, 0.1) is 0 Å². The van der Waals surface area contributed by atoms with Crippen LogP contribution in [0.5, 0.6) is 11.5 Å². The fourth-order valence-corrected chi connectivity index (χ4v) is 8.35. The predicted molar refractivity (Wildman–Crippen MR) is 232 cm³/mol. The number of hydrogen-bond acceptors (Lipinski definition) is 4. The van der Waals surface area contributed by atoms with Crippen molar-refractivity contribution in [2.45, 2.75) is 60.8 Å². The second-order valence-electron chi connectivity index (χ2n) is 16.0. The molecule has 0 spiro atoms. The smallest absolute Gasteiger partial charge is 0.136 e. The van der Waals surface area contributed by atoms with Crippen LogP contribution in [0.3, 0.4) is 0 Å². The zero-order chi connectivity index (χ0) is 38.9. The molecule has 0 N–H and O–H groups in total. The quantitative estimate of drug-likeness (QED) is 0.156. The molecule has 6 heteroatoms. The first-order valence-corrected chi connectivity index (χ1v) is 19.3. The maximum Gasteiger partial charge on any atom is 0.136 e. The molecule has 0 unspecified atom stereocenters. The summed E-state index contributed by atoms with van der Waals surface area (Å²) in [5, 5.41) is 2.22. The molecule has 0 bridgehead atoms. The molecule has 1 aliphatic heterocycles. The zero-order valence-corrected chi connectivity index (χ0v) is 35.9. The number of aromatic nitrogens is 2. The van der Waals surface area contributed by atoms with Crippen molar-refractivity contribution in [2.24, 2.45) is 0 Å². The SMILES string of the molecule is Cc1c(C)c(C)c(N2[CH-]N(c3[c-]c(Oc4[c-]c5c(cc4)c4ccccc4n5-c4cc(-c5ccccc5C(C)(C)C)ccn4)ccc3)c3ccccc32)c(C)c1C.[Pt]. The fraction of sp³-hybridized carbons (Fsp3) is 0.176. The summed E-state index contributed by atoms with van der Waals surface area (Å²) < 4.78 is 8.80. The van der Waals surface area contributed by atoms with Crippen LogP contribution < -0.4 is 14.5 Å². The Balaban J connectivity index is 0.00000455. The first-order chi connectivity index (χ1) is 27.0. The number of fused-ring (bicyclic) bond motifs is 4. The summed E-state index contributed by atoms with van der Waals surface area (Å²) in [5.41, 5.74) is 16.5. The second kappa shape index (κ2) is 14.7. The molecule has 0 fully saturated rings. The first kappa shape index (κ1) is 38.2. The van der Waals surface area contributed by atoms with E-state index in [0.717, 1.165) is 50.2 Å². The van der Waals surface area contributed by atoms with Gasteiger partial charge < -0.3 is 19.1 Å². The molecule has 0 saturated carbocycles. The van der Waals surface area contributed by atoms with Gasteiger partial charge >= 0.3 is 0 Å². The Labute approximate surface area is 350 Å². The van der Waals surface area contributed by atoms with Crippen LogP contribution in [0.4, 0.5) is 22.7 Å². The number of pyridine rings is 1. The maximum absolute atomic E-state index is 6.60. The maximum atomic E-state index is 6.60. The average Bonchev–Trinajstić information content (AvgIpc) is 3.75. The summed E-state index contributed by atoms with van der Waals surface area (Å²) in [6, 6.07) is 47.4. The topological polar surface area (TPSA) is 33.5 Å². The van der Waals surface area contributed by atoms with Crippen molar-refractivity contribution >= 4 is 44.6 Å². The van der Waals surface area contributed by atoms with E-state index in [1.54, 1.807) is 0 Å². The van der Waals surface area contributed by atoms with E-state index in [4.69, 9.17) is 9.72 Å². The van der Waals surface area contributed by atoms with Gasteiger partial charge in [0.2, 0.25) is 0 Å². The molecule has 5 nitrogen and oxygen atoms in total. The summed E-state index contributed by atoms with van der Waals surface area (Å²) in [5.74, 6) is 2.04. The van der Waals surface area contributed by atoms with E-state index in [-0.39, 0.29) is 26.5 Å². The van der Waals surface area contributed by atoms with Gasteiger partial charge in [0, 0.05) is 61.3 Å². The van der Waals surface area contributed by atoms with E-state index in [1.165, 1.54) is 44.6 Å². The Kier molecular flexibility index (Phi) is 9.86. The molecule has 2 aromatic heterocycles. The second-order valence-corrected chi connectivity index (χ2v) is 16.0. The van der Waals surface area contributed by atoms with Gasteiger partial charge in [-0.3, -0.25) is 0 Å². The third-order valence-electron chi connectivity index (χ3n) is 11.6. The van der Waals surface area contributed by atoms with Crippen molar-refractivity contribution in [1.29, 1.82) is 0 Å². The van der Waals surface area contributed by atoms with Gasteiger partial charge in [-0.15, -0.1) is 48.1 Å². The van der Waals surface area contributed by atoms with Crippen molar-refractivity contribution < 1.29 is 25.8 Å². The van der Waals surface area contributed by atoms with Gasteiger partial charge in [-0.05, 0) is 120 Å². The Bertz CT molecular complexity index is 2800. The minimum absolute atomic E-state index is 0. The van der Waals surface area contributed by atoms with Gasteiger partial charge in [-0.2, -0.15) is 12.1 Å². The Morgan fingerprint density at radius 2 is 1.26 bits per heavy atom. The minimum Gasteiger partial charge on any atom is -0.509 e. The zero-order valence-electron chi connectivity index (χ0n) is 33.6. The van der Waals surface area contributed by atoms with Crippen molar-refractivity contribution in [3.63, 3.8) is 0 Å². The van der Waals surface area contributed by atoms with Gasteiger partial charge in [0.1, 0.15) is 5.82 Å². The summed E-state index contributed by atoms with van der Waals surface area (Å²) in [6.45, 7) is 20.1. The molecule has 288 valence electrons. The molecule has 3 heterocycles. The van der Waals surface area contributed by atoms with Crippen LogP contribution in [0.25, 0.3) is 38.8 Å². The van der Waals surface area contributed by atoms with Crippen LogP contribution in [0.1, 0.15) is 54.2 Å². The Morgan fingerprint density at radius 3 is 2.02 bits per heavy atom. The first-order valence-electron chi connectivity index (χ1n) is 19.3. The number of para-hydroxylation sites is 3. The monoisotopic (exact) mass is 924 g/mol. The largest absolute Gasteiger partial charge is 0.509 e. The van der Waals surface area contributed by atoms with Crippen LogP contribution in [0.2, 0.25) is 0 Å². The van der Waals surface area contributed by atoms with Crippen molar-refractivity contribution in [3.8, 4) is 28.4 Å². The molecule has 0 amide bonds. The van der Waals surface area contributed by atoms with Crippen LogP contribution in [-0.2, 0) is 26.5 Å². The van der Waals surface area contributed by atoms with Crippen molar-refractivity contribution in [1.82, 2.24) is 9.55 Å². The molecule has 8 aromatic rings. The van der Waals surface area contributed by atoms with Crippen LogP contribution >= 0.6 is 0 Å².